The van der Waals surface area contributed by atoms with Gasteiger partial charge in [-0.3, -0.25) is 14.7 Å². The van der Waals surface area contributed by atoms with E-state index in [0.29, 0.717) is 36.1 Å². The van der Waals surface area contributed by atoms with E-state index in [1.54, 1.807) is 18.6 Å². The number of nitrogen functional groups attached to an aromatic ring is 1. The quantitative estimate of drug-likeness (QED) is 0.355. The smallest absolute Gasteiger partial charge is 0.258 e. The fourth-order valence-electron chi connectivity index (χ4n) is 6.25. The molecule has 0 spiro atoms. The first-order valence-electron chi connectivity index (χ1n) is 14.7. The fourth-order valence-corrected chi connectivity index (χ4v) is 6.25. The van der Waals surface area contributed by atoms with Crippen molar-refractivity contribution in [2.45, 2.75) is 25.9 Å². The SMILES string of the molecule is N#Cc1cc(-c2cnc(N)c(OCc3ccncc3)n2)ccc1N1CCN(CCC(=O)NCC2CC3C=CC2C3)CC1. The third-order valence-electron chi connectivity index (χ3n) is 8.65. The molecule has 10 heteroatoms. The number of anilines is 2. The number of fused-ring (bicyclic) bond motifs is 2. The maximum Gasteiger partial charge on any atom is 0.258 e. The van der Waals surface area contributed by atoms with Crippen molar-refractivity contribution in [1.29, 1.82) is 5.26 Å². The Kier molecular flexibility index (Phi) is 8.28. The number of rotatable bonds is 10. The Morgan fingerprint density at radius 3 is 2.69 bits per heavy atom. The van der Waals surface area contributed by atoms with Crippen LogP contribution < -0.4 is 20.7 Å². The summed E-state index contributed by atoms with van der Waals surface area (Å²) in [6.07, 6.45) is 12.7. The van der Waals surface area contributed by atoms with Crippen molar-refractivity contribution in [3.05, 3.63) is 72.2 Å². The molecule has 10 nitrogen and oxygen atoms in total. The summed E-state index contributed by atoms with van der Waals surface area (Å²) in [4.78, 5) is 29.9. The third-order valence-corrected chi connectivity index (χ3v) is 8.65. The van der Waals surface area contributed by atoms with Crippen LogP contribution in [-0.2, 0) is 11.4 Å². The molecule has 42 heavy (non-hydrogen) atoms. The number of amides is 1. The molecular weight excluding hydrogens is 528 g/mol. The highest BCUT2D eigenvalue weighted by Gasteiger charge is 2.35. The van der Waals surface area contributed by atoms with Gasteiger partial charge >= 0.3 is 0 Å². The minimum atomic E-state index is 0.142. The Morgan fingerprint density at radius 2 is 1.95 bits per heavy atom. The summed E-state index contributed by atoms with van der Waals surface area (Å²) in [6.45, 7) is 5.12. The lowest BCUT2D eigenvalue weighted by Crippen LogP contribution is -2.47. The summed E-state index contributed by atoms with van der Waals surface area (Å²) < 4.78 is 5.82. The highest BCUT2D eigenvalue weighted by Crippen LogP contribution is 2.43. The molecule has 0 radical (unpaired) electrons. The summed E-state index contributed by atoms with van der Waals surface area (Å²) >= 11 is 0. The number of nitrogens with one attached hydrogen (secondary N) is 1. The van der Waals surface area contributed by atoms with Crippen molar-refractivity contribution in [1.82, 2.24) is 25.2 Å². The van der Waals surface area contributed by atoms with Gasteiger partial charge in [-0.25, -0.2) is 9.97 Å². The van der Waals surface area contributed by atoms with Crippen LogP contribution >= 0.6 is 0 Å². The fraction of sp³-hybridized carbons (Fsp3) is 0.406. The molecule has 2 bridgehead atoms. The Balaban J connectivity index is 1.01. The van der Waals surface area contributed by atoms with E-state index in [0.717, 1.165) is 62.0 Å². The van der Waals surface area contributed by atoms with Crippen LogP contribution in [0.3, 0.4) is 0 Å². The van der Waals surface area contributed by atoms with E-state index >= 15 is 0 Å². The molecule has 1 amide bonds. The van der Waals surface area contributed by atoms with E-state index in [1.807, 2.05) is 30.3 Å². The molecule has 3 N–H and O–H groups in total. The van der Waals surface area contributed by atoms with Gasteiger partial charge in [0.15, 0.2) is 5.82 Å². The number of allylic oxidation sites excluding steroid dienone is 2. The number of carbonyl (C=O) groups excluding carboxylic acids is 1. The molecule has 1 aromatic carbocycles. The van der Waals surface area contributed by atoms with Crippen molar-refractivity contribution < 1.29 is 9.53 Å². The summed E-state index contributed by atoms with van der Waals surface area (Å²) in [7, 11) is 0. The molecular formula is C32H36N8O2. The second-order valence-corrected chi connectivity index (χ2v) is 11.4. The standard InChI is InChI=1S/C32H36N8O2/c33-18-26-17-25(28-20-37-31(34)32(38-28)42-21-22-5-8-35-9-6-22)3-4-29(26)40-13-11-39(12-14-40)10-7-30(41)36-19-27-16-23-1-2-24(27)15-23/h1-6,8-9,17,20,23-24,27H,7,10-16,19,21H2,(H2,34,37)(H,36,41). The van der Waals surface area contributed by atoms with Crippen LogP contribution in [-0.4, -0.2) is 65.0 Å². The molecule has 2 aliphatic carbocycles. The average Bonchev–Trinajstić information content (AvgIpc) is 3.67. The van der Waals surface area contributed by atoms with E-state index in [4.69, 9.17) is 10.5 Å². The third kappa shape index (κ3) is 6.37. The zero-order valence-corrected chi connectivity index (χ0v) is 23.7. The molecule has 6 rings (SSSR count). The second-order valence-electron chi connectivity index (χ2n) is 11.4. The van der Waals surface area contributed by atoms with Crippen LogP contribution in [0.1, 0.15) is 30.4 Å². The van der Waals surface area contributed by atoms with Crippen LogP contribution in [0.2, 0.25) is 0 Å². The molecule has 3 aliphatic rings. The van der Waals surface area contributed by atoms with E-state index < -0.39 is 0 Å². The van der Waals surface area contributed by atoms with Crippen LogP contribution in [0.5, 0.6) is 5.88 Å². The van der Waals surface area contributed by atoms with Gasteiger partial charge in [0.25, 0.3) is 5.88 Å². The average molecular weight is 565 g/mol. The maximum absolute atomic E-state index is 12.5. The highest BCUT2D eigenvalue weighted by atomic mass is 16.5. The molecule has 3 aromatic rings. The zero-order valence-electron chi connectivity index (χ0n) is 23.7. The van der Waals surface area contributed by atoms with E-state index in [9.17, 15) is 10.1 Å². The number of ether oxygens (including phenoxy) is 1. The Bertz CT molecular complexity index is 1480. The highest BCUT2D eigenvalue weighted by molar-refractivity contribution is 5.76. The Hall–Kier alpha value is -4.49. The van der Waals surface area contributed by atoms with E-state index in [2.05, 4.69) is 48.3 Å². The van der Waals surface area contributed by atoms with E-state index in [-0.39, 0.29) is 17.6 Å². The molecule has 2 aromatic heterocycles. The zero-order chi connectivity index (χ0) is 28.9. The van der Waals surface area contributed by atoms with Gasteiger partial charge < -0.3 is 20.7 Å². The van der Waals surface area contributed by atoms with Gasteiger partial charge in [-0.1, -0.05) is 18.2 Å². The van der Waals surface area contributed by atoms with Gasteiger partial charge in [0, 0.05) is 63.6 Å². The number of carbonyl (C=O) groups is 1. The predicted octanol–water partition coefficient (Wildman–Crippen LogP) is 3.41. The lowest BCUT2D eigenvalue weighted by Gasteiger charge is -2.36. The predicted molar refractivity (Wildman–Crippen MR) is 160 cm³/mol. The van der Waals surface area contributed by atoms with Gasteiger partial charge in [-0.15, -0.1) is 0 Å². The molecule has 1 saturated carbocycles. The van der Waals surface area contributed by atoms with Crippen LogP contribution in [0, 0.1) is 29.1 Å². The molecule has 216 valence electrons. The lowest BCUT2D eigenvalue weighted by atomic mass is 9.93. The van der Waals surface area contributed by atoms with Gasteiger partial charge in [0.05, 0.1) is 23.1 Å². The summed E-state index contributed by atoms with van der Waals surface area (Å²) in [5, 5.41) is 13.1. The summed E-state index contributed by atoms with van der Waals surface area (Å²) in [5.41, 5.74) is 9.78. The number of pyridine rings is 1. The first kappa shape index (κ1) is 27.7. The van der Waals surface area contributed by atoms with Crippen LogP contribution in [0.25, 0.3) is 11.3 Å². The van der Waals surface area contributed by atoms with E-state index in [1.165, 1.54) is 12.8 Å². The van der Waals surface area contributed by atoms with Crippen molar-refractivity contribution in [2.24, 2.45) is 17.8 Å². The maximum atomic E-state index is 12.5. The summed E-state index contributed by atoms with van der Waals surface area (Å²) in [5.74, 6) is 2.59. The number of nitrogens with zero attached hydrogens (tertiary/aromatic N) is 6. The van der Waals surface area contributed by atoms with Gasteiger partial charge in [-0.2, -0.15) is 5.26 Å². The number of nitrogens with two attached hydrogens (primary N) is 1. The summed E-state index contributed by atoms with van der Waals surface area (Å²) in [6, 6.07) is 11.8. The number of aromatic nitrogens is 3. The number of nitriles is 1. The van der Waals surface area contributed by atoms with Crippen molar-refractivity contribution in [2.75, 3.05) is 49.9 Å². The number of benzene rings is 1. The largest absolute Gasteiger partial charge is 0.470 e. The molecule has 2 fully saturated rings. The first-order valence-corrected chi connectivity index (χ1v) is 14.7. The van der Waals surface area contributed by atoms with Crippen LogP contribution in [0.4, 0.5) is 11.5 Å². The number of hydrogen-bond donors (Lipinski definition) is 2. The molecule has 3 heterocycles. The normalized spacial score (nSPS) is 21.3. The topological polar surface area (TPSA) is 133 Å². The van der Waals surface area contributed by atoms with Gasteiger partial charge in [-0.05, 0) is 60.4 Å². The minimum absolute atomic E-state index is 0.142. The molecule has 3 atom stereocenters. The number of piperazine rings is 1. The molecule has 3 unspecified atom stereocenters. The molecule has 1 saturated heterocycles. The number of hydrogen-bond acceptors (Lipinski definition) is 9. The lowest BCUT2D eigenvalue weighted by molar-refractivity contribution is -0.121. The minimum Gasteiger partial charge on any atom is -0.470 e. The Morgan fingerprint density at radius 1 is 1.12 bits per heavy atom. The monoisotopic (exact) mass is 564 g/mol. The Labute approximate surface area is 246 Å². The van der Waals surface area contributed by atoms with Crippen molar-refractivity contribution in [3.63, 3.8) is 0 Å². The van der Waals surface area contributed by atoms with Gasteiger partial charge in [0.1, 0.15) is 12.7 Å². The van der Waals surface area contributed by atoms with Crippen LogP contribution in [0.15, 0.2) is 61.1 Å². The van der Waals surface area contributed by atoms with Crippen molar-refractivity contribution in [3.8, 4) is 23.2 Å². The first-order chi connectivity index (χ1) is 20.6. The van der Waals surface area contributed by atoms with Gasteiger partial charge in [0.2, 0.25) is 5.91 Å². The van der Waals surface area contributed by atoms with Crippen molar-refractivity contribution >= 4 is 17.4 Å². The molecule has 1 aliphatic heterocycles. The second kappa shape index (κ2) is 12.6.